The summed E-state index contributed by atoms with van der Waals surface area (Å²) >= 11 is 3.50. The fourth-order valence-electron chi connectivity index (χ4n) is 2.00. The first-order valence-corrected chi connectivity index (χ1v) is 6.48. The second kappa shape index (κ2) is 5.71. The Balaban J connectivity index is 2.52. The van der Waals surface area contributed by atoms with Crippen LogP contribution in [0.1, 0.15) is 24.5 Å². The molecule has 2 rings (SSSR count). The highest BCUT2D eigenvalue weighted by Crippen LogP contribution is 2.42. The number of hydrogen-bond acceptors (Lipinski definition) is 4. The van der Waals surface area contributed by atoms with Gasteiger partial charge in [-0.05, 0) is 34.0 Å². The maximum absolute atomic E-state index is 5.79. The molecule has 5 heteroatoms. The molecule has 2 N–H and O–H groups in total. The second-order valence-electron chi connectivity index (χ2n) is 3.87. The summed E-state index contributed by atoms with van der Waals surface area (Å²) in [6, 6.07) is 1.99. The van der Waals surface area contributed by atoms with Crippen LogP contribution >= 0.6 is 15.9 Å². The smallest absolute Gasteiger partial charge is 0.175 e. The van der Waals surface area contributed by atoms with Gasteiger partial charge in [-0.3, -0.25) is 4.84 Å². The number of hydrogen-bond donors (Lipinski definition) is 1. The average Bonchev–Trinajstić information content (AvgIpc) is 2.56. The van der Waals surface area contributed by atoms with E-state index in [1.54, 1.807) is 0 Å². The molecule has 0 saturated carbocycles. The summed E-state index contributed by atoms with van der Waals surface area (Å²) in [5.41, 5.74) is 2.14. The van der Waals surface area contributed by atoms with E-state index in [0.717, 1.165) is 39.9 Å². The fraction of sp³-hybridized carbons (Fsp3) is 0.500. The third-order valence-corrected chi connectivity index (χ3v) is 3.35. The molecule has 1 aromatic rings. The number of benzene rings is 1. The molecule has 1 aromatic carbocycles. The lowest BCUT2D eigenvalue weighted by atomic mass is 10.0. The summed E-state index contributed by atoms with van der Waals surface area (Å²) in [6.45, 7) is 3.82. The highest BCUT2D eigenvalue weighted by atomic mass is 79.9. The molecule has 0 fully saturated rings. The first-order valence-electron chi connectivity index (χ1n) is 5.69. The van der Waals surface area contributed by atoms with Gasteiger partial charge in [-0.2, -0.15) is 0 Å². The Morgan fingerprint density at radius 2 is 2.06 bits per heavy atom. The average molecular weight is 302 g/mol. The standard InChI is InChI=1S/C12H16BrNO3/c1-2-9-8(7-17-14)6-10(13)12-11(9)15-4-3-5-16-12/h6H,2-5,7,14H2,1H3. The second-order valence-corrected chi connectivity index (χ2v) is 4.72. The zero-order chi connectivity index (χ0) is 12.3. The Labute approximate surface area is 109 Å². The molecule has 0 unspecified atom stereocenters. The number of fused-ring (bicyclic) bond motifs is 1. The van der Waals surface area contributed by atoms with Gasteiger partial charge in [0.15, 0.2) is 11.5 Å². The number of rotatable bonds is 3. The fourth-order valence-corrected chi connectivity index (χ4v) is 2.57. The molecule has 4 nitrogen and oxygen atoms in total. The molecule has 0 atom stereocenters. The number of halogens is 1. The van der Waals surface area contributed by atoms with E-state index in [1.807, 2.05) is 6.07 Å². The van der Waals surface area contributed by atoms with Crippen LogP contribution in [-0.2, 0) is 17.9 Å². The summed E-state index contributed by atoms with van der Waals surface area (Å²) in [5.74, 6) is 6.77. The van der Waals surface area contributed by atoms with E-state index in [1.165, 1.54) is 0 Å². The molecule has 0 amide bonds. The molecule has 0 aliphatic carbocycles. The van der Waals surface area contributed by atoms with Crippen LogP contribution in [0.2, 0.25) is 0 Å². The van der Waals surface area contributed by atoms with Gasteiger partial charge in [0.2, 0.25) is 0 Å². The summed E-state index contributed by atoms with van der Waals surface area (Å²) < 4.78 is 12.4. The van der Waals surface area contributed by atoms with Gasteiger partial charge in [-0.1, -0.05) is 6.92 Å². The van der Waals surface area contributed by atoms with E-state index in [0.29, 0.717) is 19.8 Å². The highest BCUT2D eigenvalue weighted by Gasteiger charge is 2.20. The maximum atomic E-state index is 5.79. The lowest BCUT2D eigenvalue weighted by Gasteiger charge is -2.17. The molecule has 0 spiro atoms. The van der Waals surface area contributed by atoms with Crippen LogP contribution in [0.15, 0.2) is 10.5 Å². The van der Waals surface area contributed by atoms with Crippen molar-refractivity contribution in [3.05, 3.63) is 21.7 Å². The quantitative estimate of drug-likeness (QED) is 0.872. The normalized spacial score (nSPS) is 14.5. The Hall–Kier alpha value is -0.780. The van der Waals surface area contributed by atoms with Crippen molar-refractivity contribution in [3.63, 3.8) is 0 Å². The van der Waals surface area contributed by atoms with Crippen molar-refractivity contribution in [2.45, 2.75) is 26.4 Å². The van der Waals surface area contributed by atoms with Gasteiger partial charge in [0.05, 0.1) is 24.3 Å². The topological polar surface area (TPSA) is 53.7 Å². The van der Waals surface area contributed by atoms with Gasteiger partial charge in [0, 0.05) is 12.0 Å². The largest absolute Gasteiger partial charge is 0.489 e. The molecule has 1 aliphatic rings. The van der Waals surface area contributed by atoms with Gasteiger partial charge in [0.25, 0.3) is 0 Å². The number of ether oxygens (including phenoxy) is 2. The molecular weight excluding hydrogens is 286 g/mol. The van der Waals surface area contributed by atoms with Crippen LogP contribution in [0.3, 0.4) is 0 Å². The van der Waals surface area contributed by atoms with Crippen LogP contribution in [0.4, 0.5) is 0 Å². The van der Waals surface area contributed by atoms with Crippen molar-refractivity contribution in [3.8, 4) is 11.5 Å². The SMILES string of the molecule is CCc1c(CON)cc(Br)c2c1OCCCO2. The van der Waals surface area contributed by atoms with E-state index >= 15 is 0 Å². The monoisotopic (exact) mass is 301 g/mol. The van der Waals surface area contributed by atoms with Crippen molar-refractivity contribution in [2.24, 2.45) is 5.90 Å². The van der Waals surface area contributed by atoms with Gasteiger partial charge < -0.3 is 9.47 Å². The highest BCUT2D eigenvalue weighted by molar-refractivity contribution is 9.10. The molecular formula is C12H16BrNO3. The molecule has 0 aromatic heterocycles. The van der Waals surface area contributed by atoms with Gasteiger partial charge >= 0.3 is 0 Å². The summed E-state index contributed by atoms with van der Waals surface area (Å²) in [4.78, 5) is 4.73. The van der Waals surface area contributed by atoms with Crippen LogP contribution in [0, 0.1) is 0 Å². The van der Waals surface area contributed by atoms with Crippen molar-refractivity contribution in [1.82, 2.24) is 0 Å². The van der Waals surface area contributed by atoms with Crippen molar-refractivity contribution < 1.29 is 14.3 Å². The van der Waals surface area contributed by atoms with Crippen molar-refractivity contribution in [1.29, 1.82) is 0 Å². The van der Waals surface area contributed by atoms with Crippen LogP contribution in [0.5, 0.6) is 11.5 Å². The molecule has 0 saturated heterocycles. The number of nitrogens with two attached hydrogens (primary N) is 1. The summed E-state index contributed by atoms with van der Waals surface area (Å²) in [5, 5.41) is 0. The van der Waals surface area contributed by atoms with Crippen LogP contribution in [0.25, 0.3) is 0 Å². The molecule has 94 valence electrons. The molecule has 0 radical (unpaired) electrons. The third kappa shape index (κ3) is 2.56. The Morgan fingerprint density at radius 1 is 1.35 bits per heavy atom. The Bertz CT molecular complexity index is 409. The molecule has 1 aliphatic heterocycles. The maximum Gasteiger partial charge on any atom is 0.175 e. The van der Waals surface area contributed by atoms with Gasteiger partial charge in [-0.25, -0.2) is 5.90 Å². The molecule has 17 heavy (non-hydrogen) atoms. The van der Waals surface area contributed by atoms with Crippen LogP contribution < -0.4 is 15.4 Å². The van der Waals surface area contributed by atoms with Gasteiger partial charge in [0.1, 0.15) is 0 Å². The zero-order valence-electron chi connectivity index (χ0n) is 9.79. The minimum Gasteiger partial charge on any atom is -0.489 e. The Kier molecular flexibility index (Phi) is 4.25. The predicted octanol–water partition coefficient (Wildman–Crippen LogP) is 2.56. The van der Waals surface area contributed by atoms with E-state index in [9.17, 15) is 0 Å². The van der Waals surface area contributed by atoms with Crippen molar-refractivity contribution in [2.75, 3.05) is 13.2 Å². The van der Waals surface area contributed by atoms with Gasteiger partial charge in [-0.15, -0.1) is 0 Å². The zero-order valence-corrected chi connectivity index (χ0v) is 11.4. The molecule has 0 bridgehead atoms. The van der Waals surface area contributed by atoms with E-state index < -0.39 is 0 Å². The minimum atomic E-state index is 0.373. The lowest BCUT2D eigenvalue weighted by molar-refractivity contribution is 0.123. The summed E-state index contributed by atoms with van der Waals surface area (Å²) in [7, 11) is 0. The van der Waals surface area contributed by atoms with Crippen LogP contribution in [-0.4, -0.2) is 13.2 Å². The molecule has 1 heterocycles. The van der Waals surface area contributed by atoms with E-state index in [2.05, 4.69) is 22.9 Å². The van der Waals surface area contributed by atoms with E-state index in [4.69, 9.17) is 20.2 Å². The third-order valence-electron chi connectivity index (χ3n) is 2.76. The Morgan fingerprint density at radius 3 is 2.71 bits per heavy atom. The minimum absolute atomic E-state index is 0.373. The lowest BCUT2D eigenvalue weighted by Crippen LogP contribution is -2.05. The van der Waals surface area contributed by atoms with E-state index in [-0.39, 0.29) is 0 Å². The first kappa shape index (κ1) is 12.7. The van der Waals surface area contributed by atoms with Crippen molar-refractivity contribution >= 4 is 15.9 Å². The first-order chi connectivity index (χ1) is 8.27. The summed E-state index contributed by atoms with van der Waals surface area (Å²) in [6.07, 6.45) is 1.75. The predicted molar refractivity (Wildman–Crippen MR) is 68.1 cm³/mol.